The number of piperidine rings is 1. The van der Waals surface area contributed by atoms with Crippen LogP contribution >= 0.6 is 0 Å². The van der Waals surface area contributed by atoms with Crippen LogP contribution in [0.2, 0.25) is 0 Å². The summed E-state index contributed by atoms with van der Waals surface area (Å²) in [4.78, 5) is 19.0. The molecule has 3 rings (SSSR count). The van der Waals surface area contributed by atoms with Crippen LogP contribution in [0.15, 0.2) is 18.5 Å². The minimum atomic E-state index is -0.237. The lowest BCUT2D eigenvalue weighted by atomic mass is 9.87. The smallest absolute Gasteiger partial charge is 0.255 e. The molecule has 0 aromatic carbocycles. The number of carbonyl (C=O) groups is 1. The summed E-state index contributed by atoms with van der Waals surface area (Å²) in [7, 11) is 0. The third kappa shape index (κ3) is 2.95. The minimum Gasteiger partial charge on any atom is -0.393 e. The Bertz CT molecular complexity index is 517. The summed E-state index contributed by atoms with van der Waals surface area (Å²) in [6.45, 7) is 2.76. The summed E-state index contributed by atoms with van der Waals surface area (Å²) in [5, 5.41) is 10.2. The molecule has 2 heterocycles. The molecule has 1 aliphatic heterocycles. The molecule has 21 heavy (non-hydrogen) atoms. The highest BCUT2D eigenvalue weighted by Crippen LogP contribution is 2.35. The number of aliphatic hydroxyl groups excluding tert-OH is 1. The standard InChI is InChI=1S/C17H24N2O2/c1-12-9-13(11-18-10-12)17(21)19-8-3-2-6-15(19)14-5-4-7-16(14)20/h9-11,14-16,20H,2-8H2,1H3. The molecule has 1 N–H and O–H groups in total. The number of hydrogen-bond acceptors (Lipinski definition) is 3. The lowest BCUT2D eigenvalue weighted by Crippen LogP contribution is -2.49. The van der Waals surface area contributed by atoms with Crippen molar-refractivity contribution in [3.8, 4) is 0 Å². The summed E-state index contributed by atoms with van der Waals surface area (Å²) in [6.07, 6.45) is 9.43. The molecule has 4 heteroatoms. The number of likely N-dealkylation sites (tertiary alicyclic amines) is 1. The van der Waals surface area contributed by atoms with Gasteiger partial charge in [0.2, 0.25) is 0 Å². The van der Waals surface area contributed by atoms with Crippen molar-refractivity contribution in [2.24, 2.45) is 5.92 Å². The second-order valence-electron chi connectivity index (χ2n) is 6.47. The number of hydrogen-bond donors (Lipinski definition) is 1. The number of nitrogens with zero attached hydrogens (tertiary/aromatic N) is 2. The molecule has 2 aliphatic rings. The lowest BCUT2D eigenvalue weighted by molar-refractivity contribution is 0.0287. The Balaban J connectivity index is 1.82. The van der Waals surface area contributed by atoms with Crippen molar-refractivity contribution in [2.75, 3.05) is 6.54 Å². The second kappa shape index (κ2) is 6.14. The monoisotopic (exact) mass is 288 g/mol. The van der Waals surface area contributed by atoms with Crippen LogP contribution in [0.25, 0.3) is 0 Å². The van der Waals surface area contributed by atoms with Crippen LogP contribution in [0.5, 0.6) is 0 Å². The van der Waals surface area contributed by atoms with Crippen molar-refractivity contribution in [1.82, 2.24) is 9.88 Å². The quantitative estimate of drug-likeness (QED) is 0.910. The first kappa shape index (κ1) is 14.5. The van der Waals surface area contributed by atoms with Crippen molar-refractivity contribution < 1.29 is 9.90 Å². The largest absolute Gasteiger partial charge is 0.393 e. The molecular weight excluding hydrogens is 264 g/mol. The molecule has 114 valence electrons. The fraction of sp³-hybridized carbons (Fsp3) is 0.647. The molecule has 0 spiro atoms. The molecule has 3 unspecified atom stereocenters. The molecule has 1 aromatic heterocycles. The Kier molecular flexibility index (Phi) is 4.24. The van der Waals surface area contributed by atoms with E-state index in [1.165, 1.54) is 0 Å². The predicted molar refractivity (Wildman–Crippen MR) is 81.0 cm³/mol. The Labute approximate surface area is 126 Å². The van der Waals surface area contributed by atoms with Crippen LogP contribution in [-0.2, 0) is 0 Å². The van der Waals surface area contributed by atoms with Crippen LogP contribution in [0, 0.1) is 12.8 Å². The van der Waals surface area contributed by atoms with Gasteiger partial charge in [0.1, 0.15) is 0 Å². The first-order valence-corrected chi connectivity index (χ1v) is 8.07. The van der Waals surface area contributed by atoms with Gasteiger partial charge in [0.05, 0.1) is 11.7 Å². The number of aromatic nitrogens is 1. The Morgan fingerprint density at radius 2 is 2.10 bits per heavy atom. The third-order valence-electron chi connectivity index (χ3n) is 4.96. The first-order chi connectivity index (χ1) is 10.2. The molecule has 1 saturated heterocycles. The summed E-state index contributed by atoms with van der Waals surface area (Å²) in [6, 6.07) is 2.11. The van der Waals surface area contributed by atoms with E-state index in [1.54, 1.807) is 12.4 Å². The average Bonchev–Trinajstić information content (AvgIpc) is 2.92. The Morgan fingerprint density at radius 3 is 2.81 bits per heavy atom. The van der Waals surface area contributed by atoms with E-state index in [0.717, 1.165) is 50.6 Å². The normalized spacial score (nSPS) is 29.6. The second-order valence-corrected chi connectivity index (χ2v) is 6.47. The average molecular weight is 288 g/mol. The summed E-state index contributed by atoms with van der Waals surface area (Å²) in [5.41, 5.74) is 1.68. The first-order valence-electron chi connectivity index (χ1n) is 8.07. The van der Waals surface area contributed by atoms with Crippen molar-refractivity contribution in [1.29, 1.82) is 0 Å². The van der Waals surface area contributed by atoms with Crippen molar-refractivity contribution >= 4 is 5.91 Å². The SMILES string of the molecule is Cc1cncc(C(=O)N2CCCCC2C2CCCC2O)c1. The van der Waals surface area contributed by atoms with Crippen LogP contribution in [0.1, 0.15) is 54.4 Å². The van der Waals surface area contributed by atoms with Gasteiger partial charge < -0.3 is 10.0 Å². The van der Waals surface area contributed by atoms with Gasteiger partial charge >= 0.3 is 0 Å². The van der Waals surface area contributed by atoms with Gasteiger partial charge in [-0.3, -0.25) is 9.78 Å². The molecule has 0 radical (unpaired) electrons. The van der Waals surface area contributed by atoms with E-state index in [0.29, 0.717) is 5.56 Å². The zero-order chi connectivity index (χ0) is 14.8. The highest BCUT2D eigenvalue weighted by atomic mass is 16.3. The van der Waals surface area contributed by atoms with Crippen LogP contribution in [0.3, 0.4) is 0 Å². The van der Waals surface area contributed by atoms with Crippen molar-refractivity contribution in [3.63, 3.8) is 0 Å². The van der Waals surface area contributed by atoms with E-state index in [-0.39, 0.29) is 24.0 Å². The maximum Gasteiger partial charge on any atom is 0.255 e. The third-order valence-corrected chi connectivity index (χ3v) is 4.96. The summed E-state index contributed by atoms with van der Waals surface area (Å²) in [5.74, 6) is 0.335. The van der Waals surface area contributed by atoms with Crippen molar-refractivity contribution in [2.45, 2.75) is 57.6 Å². The van der Waals surface area contributed by atoms with Gasteiger partial charge in [-0.2, -0.15) is 0 Å². The number of rotatable bonds is 2. The molecule has 1 amide bonds. The van der Waals surface area contributed by atoms with Gasteiger partial charge in [-0.05, 0) is 50.7 Å². The van der Waals surface area contributed by atoms with Crippen LogP contribution in [0.4, 0.5) is 0 Å². The maximum atomic E-state index is 12.8. The zero-order valence-electron chi connectivity index (χ0n) is 12.7. The van der Waals surface area contributed by atoms with Crippen molar-refractivity contribution in [3.05, 3.63) is 29.6 Å². The highest BCUT2D eigenvalue weighted by molar-refractivity contribution is 5.94. The lowest BCUT2D eigenvalue weighted by Gasteiger charge is -2.40. The number of aliphatic hydroxyl groups is 1. The molecule has 2 fully saturated rings. The molecule has 3 atom stereocenters. The predicted octanol–water partition coefficient (Wildman–Crippen LogP) is 2.55. The fourth-order valence-electron chi connectivity index (χ4n) is 3.91. The molecular formula is C17H24N2O2. The van der Waals surface area contributed by atoms with E-state index in [2.05, 4.69) is 4.98 Å². The number of aryl methyl sites for hydroxylation is 1. The fourth-order valence-corrected chi connectivity index (χ4v) is 3.91. The topological polar surface area (TPSA) is 53.4 Å². The molecule has 4 nitrogen and oxygen atoms in total. The van der Waals surface area contributed by atoms with E-state index >= 15 is 0 Å². The zero-order valence-corrected chi connectivity index (χ0v) is 12.7. The van der Waals surface area contributed by atoms with Gasteiger partial charge in [0, 0.05) is 30.9 Å². The van der Waals surface area contributed by atoms with Gasteiger partial charge in [-0.25, -0.2) is 0 Å². The number of carbonyl (C=O) groups excluding carboxylic acids is 1. The summed E-state index contributed by atoms with van der Waals surface area (Å²) >= 11 is 0. The van der Waals surface area contributed by atoms with Crippen LogP contribution < -0.4 is 0 Å². The summed E-state index contributed by atoms with van der Waals surface area (Å²) < 4.78 is 0. The van der Waals surface area contributed by atoms with E-state index in [9.17, 15) is 9.90 Å². The maximum absolute atomic E-state index is 12.8. The van der Waals surface area contributed by atoms with E-state index in [1.807, 2.05) is 17.9 Å². The molecule has 1 aliphatic carbocycles. The Hall–Kier alpha value is -1.42. The Morgan fingerprint density at radius 1 is 1.24 bits per heavy atom. The van der Waals surface area contributed by atoms with Gasteiger partial charge in [0.25, 0.3) is 5.91 Å². The van der Waals surface area contributed by atoms with E-state index in [4.69, 9.17) is 0 Å². The molecule has 0 bridgehead atoms. The minimum absolute atomic E-state index is 0.0787. The highest BCUT2D eigenvalue weighted by Gasteiger charge is 2.39. The van der Waals surface area contributed by atoms with Gasteiger partial charge in [-0.15, -0.1) is 0 Å². The van der Waals surface area contributed by atoms with Crippen LogP contribution in [-0.4, -0.2) is 39.6 Å². The van der Waals surface area contributed by atoms with E-state index < -0.39 is 0 Å². The molecule has 1 aromatic rings. The number of amides is 1. The van der Waals surface area contributed by atoms with Gasteiger partial charge in [0.15, 0.2) is 0 Å². The molecule has 1 saturated carbocycles. The van der Waals surface area contributed by atoms with Gasteiger partial charge in [-0.1, -0.05) is 6.42 Å². The number of pyridine rings is 1.